The molecule has 0 aromatic heterocycles. The van der Waals surface area contributed by atoms with Crippen LogP contribution in [0.2, 0.25) is 5.02 Å². The number of ether oxygens (including phenoxy) is 2. The Morgan fingerprint density at radius 3 is 2.50 bits per heavy atom. The maximum Gasteiger partial charge on any atom is 0.224 e. The van der Waals surface area contributed by atoms with Gasteiger partial charge in [-0.2, -0.15) is 0 Å². The monoisotopic (exact) mass is 466 g/mol. The van der Waals surface area contributed by atoms with Gasteiger partial charge in [-0.25, -0.2) is 8.78 Å². The van der Waals surface area contributed by atoms with Crippen LogP contribution in [0.25, 0.3) is 0 Å². The Bertz CT molecular complexity index is 1000. The molecule has 2 aliphatic heterocycles. The number of rotatable bonds is 6. The number of carbonyl (C=O) groups excluding carboxylic acids is 1. The Balaban J connectivity index is 1.42. The molecule has 0 atom stereocenters. The van der Waals surface area contributed by atoms with E-state index in [9.17, 15) is 18.7 Å². The van der Waals surface area contributed by atoms with Crippen molar-refractivity contribution < 1.29 is 28.2 Å². The summed E-state index contributed by atoms with van der Waals surface area (Å²) >= 11 is 6.19. The van der Waals surface area contributed by atoms with E-state index in [1.807, 2.05) is 0 Å². The average Bonchev–Trinajstić information content (AvgIpc) is 2.75. The lowest BCUT2D eigenvalue weighted by Gasteiger charge is -2.39. The summed E-state index contributed by atoms with van der Waals surface area (Å²) in [6, 6.07) is 5.72. The van der Waals surface area contributed by atoms with Gasteiger partial charge in [0.2, 0.25) is 5.91 Å². The third kappa shape index (κ3) is 4.61. The van der Waals surface area contributed by atoms with Crippen LogP contribution >= 0.6 is 11.6 Å². The molecule has 1 fully saturated rings. The summed E-state index contributed by atoms with van der Waals surface area (Å²) < 4.78 is 40.1. The molecule has 2 N–H and O–H groups in total. The zero-order valence-corrected chi connectivity index (χ0v) is 18.5. The van der Waals surface area contributed by atoms with Gasteiger partial charge in [0.15, 0.2) is 11.6 Å². The lowest BCUT2D eigenvalue weighted by Crippen LogP contribution is -2.48. The number of carbonyl (C=O) groups is 1. The molecule has 172 valence electrons. The summed E-state index contributed by atoms with van der Waals surface area (Å²) in [7, 11) is 0. The maximum absolute atomic E-state index is 14.5. The van der Waals surface area contributed by atoms with E-state index in [1.165, 1.54) is 12.1 Å². The van der Waals surface area contributed by atoms with E-state index in [0.29, 0.717) is 35.9 Å². The Labute approximate surface area is 190 Å². The fourth-order valence-corrected chi connectivity index (χ4v) is 4.38. The zero-order valence-electron chi connectivity index (χ0n) is 17.7. The number of piperidine rings is 1. The highest BCUT2D eigenvalue weighted by Gasteiger charge is 2.35. The molecule has 2 aromatic carbocycles. The third-order valence-electron chi connectivity index (χ3n) is 5.89. The Kier molecular flexibility index (Phi) is 6.44. The second-order valence-electron chi connectivity index (χ2n) is 8.12. The fourth-order valence-electron chi connectivity index (χ4n) is 4.16. The molecule has 2 aromatic rings. The quantitative estimate of drug-likeness (QED) is 0.663. The van der Waals surface area contributed by atoms with E-state index in [1.54, 1.807) is 24.0 Å². The van der Waals surface area contributed by atoms with Crippen LogP contribution in [0.4, 0.5) is 20.2 Å². The summed E-state index contributed by atoms with van der Waals surface area (Å²) in [5.41, 5.74) is 0.0957. The molecule has 0 aliphatic carbocycles. The van der Waals surface area contributed by atoms with Gasteiger partial charge in [-0.15, -0.1) is 0 Å². The predicted molar refractivity (Wildman–Crippen MR) is 118 cm³/mol. The third-order valence-corrected chi connectivity index (χ3v) is 6.21. The summed E-state index contributed by atoms with van der Waals surface area (Å²) in [5.74, 6) is -0.772. The van der Waals surface area contributed by atoms with Gasteiger partial charge in [-0.05, 0) is 38.3 Å². The van der Waals surface area contributed by atoms with Crippen LogP contribution in [0.5, 0.6) is 11.5 Å². The largest absolute Gasteiger partial charge is 0.494 e. The van der Waals surface area contributed by atoms with Crippen molar-refractivity contribution >= 4 is 28.9 Å². The number of benzene rings is 2. The molecular formula is C23H25ClF2N2O4. The standard InChI is InChI=1S/C23H25ClF2N2O4/c1-2-31-14-11-17(25)22(18(26)12-14)28-9-7-23(30,8-10-28)13-32-19-5-4-16(24)21-15(19)3-6-20(29)27-21/h4-5,11-12,30H,2-3,6-10,13H2,1H3,(H,27,29). The lowest BCUT2D eigenvalue weighted by molar-refractivity contribution is -0.116. The highest BCUT2D eigenvalue weighted by Crippen LogP contribution is 2.38. The van der Waals surface area contributed by atoms with Crippen molar-refractivity contribution in [2.45, 2.75) is 38.2 Å². The van der Waals surface area contributed by atoms with Crippen molar-refractivity contribution in [2.24, 2.45) is 0 Å². The van der Waals surface area contributed by atoms with Crippen molar-refractivity contribution in [3.05, 3.63) is 46.5 Å². The molecule has 0 unspecified atom stereocenters. The number of hydrogen-bond acceptors (Lipinski definition) is 5. The molecule has 1 saturated heterocycles. The van der Waals surface area contributed by atoms with E-state index in [2.05, 4.69) is 5.32 Å². The van der Waals surface area contributed by atoms with Crippen LogP contribution in [0.1, 0.15) is 31.7 Å². The SMILES string of the molecule is CCOc1cc(F)c(N2CCC(O)(COc3ccc(Cl)c4c3CCC(=O)N4)CC2)c(F)c1. The van der Waals surface area contributed by atoms with Crippen LogP contribution in [0, 0.1) is 11.6 Å². The van der Waals surface area contributed by atoms with Crippen LogP contribution in [0.3, 0.4) is 0 Å². The number of nitrogens with one attached hydrogen (secondary N) is 1. The number of amides is 1. The lowest BCUT2D eigenvalue weighted by atomic mass is 9.92. The molecule has 6 nitrogen and oxygen atoms in total. The van der Waals surface area contributed by atoms with Gasteiger partial charge in [-0.3, -0.25) is 4.79 Å². The second-order valence-corrected chi connectivity index (χ2v) is 8.52. The summed E-state index contributed by atoms with van der Waals surface area (Å²) in [4.78, 5) is 13.3. The molecule has 2 aliphatic rings. The van der Waals surface area contributed by atoms with Crippen molar-refractivity contribution in [2.75, 3.05) is 36.5 Å². The topological polar surface area (TPSA) is 71.0 Å². The van der Waals surface area contributed by atoms with Gasteiger partial charge in [0.25, 0.3) is 0 Å². The van der Waals surface area contributed by atoms with Crippen LogP contribution in [-0.4, -0.2) is 42.9 Å². The summed E-state index contributed by atoms with van der Waals surface area (Å²) in [6.45, 7) is 2.63. The smallest absolute Gasteiger partial charge is 0.224 e. The second kappa shape index (κ2) is 9.11. The number of fused-ring (bicyclic) bond motifs is 1. The zero-order chi connectivity index (χ0) is 22.9. The maximum atomic E-state index is 14.5. The summed E-state index contributed by atoms with van der Waals surface area (Å²) in [5, 5.41) is 14.2. The van der Waals surface area contributed by atoms with E-state index in [4.69, 9.17) is 21.1 Å². The summed E-state index contributed by atoms with van der Waals surface area (Å²) in [6.07, 6.45) is 1.40. The van der Waals surface area contributed by atoms with E-state index < -0.39 is 17.2 Å². The average molecular weight is 467 g/mol. The van der Waals surface area contributed by atoms with Gasteiger partial charge in [-0.1, -0.05) is 11.6 Å². The van der Waals surface area contributed by atoms with Gasteiger partial charge in [0.05, 0.1) is 17.3 Å². The fraction of sp³-hybridized carbons (Fsp3) is 0.435. The van der Waals surface area contributed by atoms with E-state index in [-0.39, 0.29) is 49.9 Å². The molecule has 0 saturated carbocycles. The Morgan fingerprint density at radius 2 is 1.84 bits per heavy atom. The normalized spacial score (nSPS) is 17.5. The number of hydrogen-bond donors (Lipinski definition) is 2. The molecule has 0 bridgehead atoms. The minimum absolute atomic E-state index is 0.0249. The number of nitrogens with zero attached hydrogens (tertiary/aromatic N) is 1. The van der Waals surface area contributed by atoms with E-state index >= 15 is 0 Å². The first kappa shape index (κ1) is 22.6. The van der Waals surface area contributed by atoms with Crippen molar-refractivity contribution in [1.29, 1.82) is 0 Å². The highest BCUT2D eigenvalue weighted by atomic mass is 35.5. The molecule has 1 amide bonds. The van der Waals surface area contributed by atoms with Crippen molar-refractivity contribution in [1.82, 2.24) is 0 Å². The first-order valence-corrected chi connectivity index (χ1v) is 11.0. The minimum Gasteiger partial charge on any atom is -0.494 e. The van der Waals surface area contributed by atoms with Crippen LogP contribution < -0.4 is 19.7 Å². The molecule has 32 heavy (non-hydrogen) atoms. The number of aliphatic hydroxyl groups is 1. The van der Waals surface area contributed by atoms with Gasteiger partial charge in [0.1, 0.15) is 29.4 Å². The predicted octanol–water partition coefficient (Wildman–Crippen LogP) is 4.31. The van der Waals surface area contributed by atoms with Crippen molar-refractivity contribution in [3.8, 4) is 11.5 Å². The molecule has 0 spiro atoms. The van der Waals surface area contributed by atoms with E-state index in [0.717, 1.165) is 5.56 Å². The number of halogens is 3. The van der Waals surface area contributed by atoms with Gasteiger partial charge in [0, 0.05) is 37.2 Å². The molecule has 9 heteroatoms. The highest BCUT2D eigenvalue weighted by molar-refractivity contribution is 6.34. The Hall–Kier alpha value is -2.58. The Morgan fingerprint density at radius 1 is 1.16 bits per heavy atom. The first-order chi connectivity index (χ1) is 15.3. The minimum atomic E-state index is -1.14. The first-order valence-electron chi connectivity index (χ1n) is 10.6. The number of anilines is 2. The molecule has 0 radical (unpaired) electrons. The molecule has 2 heterocycles. The van der Waals surface area contributed by atoms with Gasteiger partial charge >= 0.3 is 0 Å². The molecule has 4 rings (SSSR count). The van der Waals surface area contributed by atoms with Gasteiger partial charge < -0.3 is 24.8 Å². The van der Waals surface area contributed by atoms with Crippen LogP contribution in [-0.2, 0) is 11.2 Å². The van der Waals surface area contributed by atoms with Crippen LogP contribution in [0.15, 0.2) is 24.3 Å². The molecular weight excluding hydrogens is 442 g/mol. The van der Waals surface area contributed by atoms with Crippen molar-refractivity contribution in [3.63, 3.8) is 0 Å².